The lowest BCUT2D eigenvalue weighted by molar-refractivity contribution is -0.165. The van der Waals surface area contributed by atoms with Gasteiger partial charge in [0, 0.05) is 43.0 Å². The number of likely N-dealkylation sites (tertiary alicyclic amines) is 2. The van der Waals surface area contributed by atoms with Crippen molar-refractivity contribution < 1.29 is 14.7 Å². The third kappa shape index (κ3) is 2.94. The van der Waals surface area contributed by atoms with Gasteiger partial charge in [0.25, 0.3) is 0 Å². The van der Waals surface area contributed by atoms with Crippen molar-refractivity contribution >= 4 is 11.8 Å². The van der Waals surface area contributed by atoms with Crippen molar-refractivity contribution in [2.45, 2.75) is 50.7 Å². The molecule has 3 fully saturated rings. The summed E-state index contributed by atoms with van der Waals surface area (Å²) in [5.74, 6) is 0.319. The summed E-state index contributed by atoms with van der Waals surface area (Å²) >= 11 is 0. The largest absolute Gasteiger partial charge is 0.392 e. The van der Waals surface area contributed by atoms with Gasteiger partial charge in [0.05, 0.1) is 36.9 Å². The summed E-state index contributed by atoms with van der Waals surface area (Å²) in [6.45, 7) is 2.24. The normalized spacial score (nSPS) is 28.4. The number of amides is 2. The van der Waals surface area contributed by atoms with E-state index in [-0.39, 0.29) is 41.8 Å². The molecule has 2 saturated heterocycles. The lowest BCUT2D eigenvalue weighted by atomic mass is 9.53. The highest BCUT2D eigenvalue weighted by Gasteiger charge is 2.58. The third-order valence-electron chi connectivity index (χ3n) is 8.46. The van der Waals surface area contributed by atoms with E-state index in [0.29, 0.717) is 26.1 Å². The fourth-order valence-electron chi connectivity index (χ4n) is 6.58. The van der Waals surface area contributed by atoms with E-state index in [1.54, 1.807) is 4.90 Å². The van der Waals surface area contributed by atoms with Crippen molar-refractivity contribution in [3.63, 3.8) is 0 Å². The van der Waals surface area contributed by atoms with E-state index in [9.17, 15) is 14.7 Å². The summed E-state index contributed by atoms with van der Waals surface area (Å²) in [6, 6.07) is 8.58. The molecule has 7 nitrogen and oxygen atoms in total. The Balaban J connectivity index is 1.11. The molecule has 1 spiro atoms. The second kappa shape index (κ2) is 7.44. The quantitative estimate of drug-likeness (QED) is 0.805. The van der Waals surface area contributed by atoms with Gasteiger partial charge in [-0.2, -0.15) is 0 Å². The molecule has 7 heteroatoms. The molecule has 0 bridgehead atoms. The van der Waals surface area contributed by atoms with Crippen LogP contribution in [0.15, 0.2) is 36.8 Å². The number of aromatic nitrogens is 2. The Morgan fingerprint density at radius 3 is 2.75 bits per heavy atom. The minimum atomic E-state index is -0.380. The number of imidazole rings is 1. The predicted octanol–water partition coefficient (Wildman–Crippen LogP) is 2.46. The zero-order valence-corrected chi connectivity index (χ0v) is 18.3. The summed E-state index contributed by atoms with van der Waals surface area (Å²) in [5.41, 5.74) is 3.53. The molecule has 4 heterocycles. The van der Waals surface area contributed by atoms with Crippen LogP contribution in [-0.2, 0) is 9.59 Å². The number of fused-ring (bicyclic) bond motifs is 3. The molecule has 6 rings (SSSR count). The Labute approximate surface area is 188 Å². The fourth-order valence-corrected chi connectivity index (χ4v) is 6.58. The van der Waals surface area contributed by atoms with Crippen molar-refractivity contribution in [1.29, 1.82) is 0 Å². The first kappa shape index (κ1) is 20.0. The van der Waals surface area contributed by atoms with E-state index < -0.39 is 0 Å². The number of aliphatic hydroxyl groups excluding tert-OH is 1. The number of hydrogen-bond acceptors (Lipinski definition) is 4. The molecule has 2 aromatic rings. The zero-order chi connectivity index (χ0) is 21.9. The van der Waals surface area contributed by atoms with Crippen LogP contribution in [0.1, 0.15) is 50.1 Å². The van der Waals surface area contributed by atoms with Crippen LogP contribution in [0.25, 0.3) is 11.3 Å². The van der Waals surface area contributed by atoms with E-state index in [2.05, 4.69) is 33.8 Å². The maximum absolute atomic E-state index is 12.8. The monoisotopic (exact) mass is 434 g/mol. The minimum Gasteiger partial charge on any atom is -0.392 e. The van der Waals surface area contributed by atoms with E-state index in [1.165, 1.54) is 11.1 Å². The third-order valence-corrected chi connectivity index (χ3v) is 8.46. The Morgan fingerprint density at radius 2 is 1.97 bits per heavy atom. The van der Waals surface area contributed by atoms with E-state index in [0.717, 1.165) is 37.8 Å². The summed E-state index contributed by atoms with van der Waals surface area (Å²) in [4.78, 5) is 32.8. The SMILES string of the molecule is O=C(CN1CCCCC1=O)N1CCC2(CC1)C[C@@H](C1c3ccccc3-c3cncn31)[C@H]2O. The van der Waals surface area contributed by atoms with Crippen LogP contribution in [0.3, 0.4) is 0 Å². The highest BCUT2D eigenvalue weighted by atomic mass is 16.3. The van der Waals surface area contributed by atoms with Crippen LogP contribution in [0, 0.1) is 11.3 Å². The number of carbonyl (C=O) groups excluding carboxylic acids is 2. The number of aliphatic hydroxyl groups is 1. The highest BCUT2D eigenvalue weighted by Crippen LogP contribution is 2.59. The van der Waals surface area contributed by atoms with Crippen LogP contribution >= 0.6 is 0 Å². The summed E-state index contributed by atoms with van der Waals surface area (Å²) in [7, 11) is 0. The smallest absolute Gasteiger partial charge is 0.242 e. The molecular formula is C25H30N4O3. The van der Waals surface area contributed by atoms with Crippen LogP contribution in [0.4, 0.5) is 0 Å². The average Bonchev–Trinajstić information content (AvgIpc) is 3.40. The number of piperidine rings is 2. The van der Waals surface area contributed by atoms with Crippen LogP contribution < -0.4 is 0 Å². The van der Waals surface area contributed by atoms with Crippen LogP contribution in [-0.4, -0.2) is 68.6 Å². The van der Waals surface area contributed by atoms with Gasteiger partial charge < -0.3 is 19.5 Å². The Morgan fingerprint density at radius 1 is 1.16 bits per heavy atom. The first-order valence-corrected chi connectivity index (χ1v) is 11.9. The van der Waals surface area contributed by atoms with Gasteiger partial charge in [0.2, 0.25) is 11.8 Å². The molecule has 2 amide bonds. The maximum atomic E-state index is 12.8. The minimum absolute atomic E-state index is 0.0493. The van der Waals surface area contributed by atoms with Crippen molar-refractivity contribution in [2.24, 2.45) is 11.3 Å². The molecule has 1 aliphatic carbocycles. The molecule has 32 heavy (non-hydrogen) atoms. The first-order valence-electron chi connectivity index (χ1n) is 11.9. The van der Waals surface area contributed by atoms with Gasteiger partial charge in [-0.25, -0.2) is 4.98 Å². The molecule has 1 unspecified atom stereocenters. The molecular weight excluding hydrogens is 404 g/mol. The number of hydrogen-bond donors (Lipinski definition) is 1. The topological polar surface area (TPSA) is 78.7 Å². The van der Waals surface area contributed by atoms with Gasteiger partial charge in [-0.3, -0.25) is 9.59 Å². The zero-order valence-electron chi connectivity index (χ0n) is 18.3. The highest BCUT2D eigenvalue weighted by molar-refractivity contribution is 5.85. The summed E-state index contributed by atoms with van der Waals surface area (Å²) in [6.07, 6.45) is 8.53. The summed E-state index contributed by atoms with van der Waals surface area (Å²) in [5, 5.41) is 11.4. The van der Waals surface area contributed by atoms with Crippen LogP contribution in [0.2, 0.25) is 0 Å². The molecule has 1 aromatic carbocycles. The number of benzene rings is 1. The number of rotatable bonds is 3. The maximum Gasteiger partial charge on any atom is 0.242 e. The van der Waals surface area contributed by atoms with Gasteiger partial charge in [0.15, 0.2) is 0 Å². The number of carbonyl (C=O) groups is 2. The van der Waals surface area contributed by atoms with Gasteiger partial charge >= 0.3 is 0 Å². The molecule has 3 atom stereocenters. The molecule has 1 saturated carbocycles. The predicted molar refractivity (Wildman–Crippen MR) is 119 cm³/mol. The molecule has 4 aliphatic rings. The van der Waals surface area contributed by atoms with Gasteiger partial charge in [-0.15, -0.1) is 0 Å². The van der Waals surface area contributed by atoms with Crippen molar-refractivity contribution in [3.8, 4) is 11.3 Å². The van der Waals surface area contributed by atoms with E-state index in [1.807, 2.05) is 17.4 Å². The van der Waals surface area contributed by atoms with Gasteiger partial charge in [-0.1, -0.05) is 24.3 Å². The van der Waals surface area contributed by atoms with Gasteiger partial charge in [0.1, 0.15) is 0 Å². The average molecular weight is 435 g/mol. The molecule has 3 aliphatic heterocycles. The second-order valence-corrected chi connectivity index (χ2v) is 10.0. The van der Waals surface area contributed by atoms with Crippen molar-refractivity contribution in [1.82, 2.24) is 19.4 Å². The van der Waals surface area contributed by atoms with Crippen molar-refractivity contribution in [2.75, 3.05) is 26.2 Å². The fraction of sp³-hybridized carbons (Fsp3) is 0.560. The Bertz CT molecular complexity index is 1050. The van der Waals surface area contributed by atoms with Gasteiger partial charge in [-0.05, 0) is 37.7 Å². The Hall–Kier alpha value is -2.67. The molecule has 0 radical (unpaired) electrons. The molecule has 168 valence electrons. The molecule has 1 N–H and O–H groups in total. The molecule has 1 aromatic heterocycles. The lowest BCUT2D eigenvalue weighted by Crippen LogP contribution is -2.60. The summed E-state index contributed by atoms with van der Waals surface area (Å²) < 4.78 is 2.22. The van der Waals surface area contributed by atoms with E-state index in [4.69, 9.17) is 0 Å². The first-order chi connectivity index (χ1) is 15.6. The number of nitrogens with zero attached hydrogens (tertiary/aromatic N) is 4. The Kier molecular flexibility index (Phi) is 4.64. The van der Waals surface area contributed by atoms with E-state index >= 15 is 0 Å². The van der Waals surface area contributed by atoms with Crippen LogP contribution in [0.5, 0.6) is 0 Å². The standard InChI is InChI=1S/C25H30N4O3/c30-21-7-3-4-10-28(21)15-22(31)27-11-8-25(9-12-27)13-19(24(25)32)23-18-6-2-1-5-17(18)20-14-26-16-29(20)23/h1-2,5-6,14,16,19,23-24,32H,3-4,7-13,15H2/t19-,23?,24+/m0/s1. The second-order valence-electron chi connectivity index (χ2n) is 10.0. The lowest BCUT2D eigenvalue weighted by Gasteiger charge is -2.58. The van der Waals surface area contributed by atoms with Crippen molar-refractivity contribution in [3.05, 3.63) is 42.4 Å².